The van der Waals surface area contributed by atoms with Gasteiger partial charge in [-0.15, -0.1) is 0 Å². The molecular formula is C12H18OSi. The second-order valence-corrected chi connectivity index (χ2v) is 9.12. The molecule has 0 unspecified atom stereocenters. The number of rotatable bonds is 4. The van der Waals surface area contributed by atoms with Crippen LogP contribution in [0.25, 0.3) is 0 Å². The monoisotopic (exact) mass is 206 g/mol. The van der Waals surface area contributed by atoms with Gasteiger partial charge in [0.25, 0.3) is 0 Å². The van der Waals surface area contributed by atoms with Gasteiger partial charge in [0.1, 0.15) is 6.29 Å². The summed E-state index contributed by atoms with van der Waals surface area (Å²) in [6.07, 6.45) is 0.903. The Morgan fingerprint density at radius 2 is 1.64 bits per heavy atom. The Balaban J connectivity index is 3.00. The third-order valence-corrected chi connectivity index (χ3v) is 8.15. The summed E-state index contributed by atoms with van der Waals surface area (Å²) in [6, 6.07) is 10.7. The van der Waals surface area contributed by atoms with E-state index >= 15 is 0 Å². The van der Waals surface area contributed by atoms with Crippen LogP contribution in [0.2, 0.25) is 18.6 Å². The van der Waals surface area contributed by atoms with E-state index in [2.05, 4.69) is 32.5 Å². The highest BCUT2D eigenvalue weighted by molar-refractivity contribution is 6.90. The normalized spacial score (nSPS) is 11.4. The molecule has 0 fully saturated rings. The van der Waals surface area contributed by atoms with Crippen LogP contribution < -0.4 is 5.19 Å². The van der Waals surface area contributed by atoms with Crippen molar-refractivity contribution in [3.63, 3.8) is 0 Å². The summed E-state index contributed by atoms with van der Waals surface area (Å²) in [5.74, 6) is 0. The maximum absolute atomic E-state index is 10.5. The molecule has 0 aliphatic carbocycles. The average Bonchev–Trinajstić information content (AvgIpc) is 2.28. The predicted octanol–water partition coefficient (Wildman–Crippen LogP) is 2.82. The summed E-state index contributed by atoms with van der Waals surface area (Å²) in [4.78, 5) is 10.5. The standard InChI is InChI=1S/C12H18OSi/c1-4-14(3,5-2)12-8-6-11(10-13)7-9-12/h6-10H,4-5H2,1-3H3. The molecule has 0 bridgehead atoms. The summed E-state index contributed by atoms with van der Waals surface area (Å²) in [6.45, 7) is 6.94. The molecule has 0 atom stereocenters. The molecule has 2 heteroatoms. The van der Waals surface area contributed by atoms with Crippen LogP contribution in [0.1, 0.15) is 24.2 Å². The quantitative estimate of drug-likeness (QED) is 0.547. The zero-order chi connectivity index (χ0) is 10.6. The summed E-state index contributed by atoms with van der Waals surface area (Å²) >= 11 is 0. The average molecular weight is 206 g/mol. The lowest BCUT2D eigenvalue weighted by atomic mass is 10.2. The van der Waals surface area contributed by atoms with Crippen molar-refractivity contribution in [1.82, 2.24) is 0 Å². The number of hydrogen-bond donors (Lipinski definition) is 0. The molecule has 0 aliphatic rings. The molecule has 0 aromatic heterocycles. The fourth-order valence-electron chi connectivity index (χ4n) is 1.62. The first-order valence-electron chi connectivity index (χ1n) is 5.22. The van der Waals surface area contributed by atoms with Crippen molar-refractivity contribution in [2.24, 2.45) is 0 Å². The predicted molar refractivity (Wildman–Crippen MR) is 64.0 cm³/mol. The number of hydrogen-bond acceptors (Lipinski definition) is 1. The topological polar surface area (TPSA) is 17.1 Å². The van der Waals surface area contributed by atoms with Gasteiger partial charge in [0.15, 0.2) is 0 Å². The van der Waals surface area contributed by atoms with E-state index in [0.29, 0.717) is 0 Å². The van der Waals surface area contributed by atoms with Crippen LogP contribution in [0.3, 0.4) is 0 Å². The molecule has 0 radical (unpaired) electrons. The van der Waals surface area contributed by atoms with Gasteiger partial charge < -0.3 is 0 Å². The van der Waals surface area contributed by atoms with Crippen molar-refractivity contribution in [3.8, 4) is 0 Å². The van der Waals surface area contributed by atoms with Crippen LogP contribution in [0.15, 0.2) is 24.3 Å². The molecule has 0 spiro atoms. The van der Waals surface area contributed by atoms with E-state index in [0.717, 1.165) is 11.8 Å². The third-order valence-electron chi connectivity index (χ3n) is 3.30. The summed E-state index contributed by atoms with van der Waals surface area (Å²) in [5, 5.41) is 1.47. The third kappa shape index (κ3) is 2.12. The number of benzene rings is 1. The van der Waals surface area contributed by atoms with Gasteiger partial charge in [0.05, 0.1) is 8.07 Å². The van der Waals surface area contributed by atoms with Crippen molar-refractivity contribution in [1.29, 1.82) is 0 Å². The van der Waals surface area contributed by atoms with E-state index in [-0.39, 0.29) is 0 Å². The van der Waals surface area contributed by atoms with Gasteiger partial charge in [-0.1, -0.05) is 61.9 Å². The van der Waals surface area contributed by atoms with Crippen molar-refractivity contribution in [2.45, 2.75) is 32.5 Å². The van der Waals surface area contributed by atoms with Crippen LogP contribution in [-0.4, -0.2) is 14.4 Å². The Morgan fingerprint density at radius 3 is 2.00 bits per heavy atom. The van der Waals surface area contributed by atoms with Gasteiger partial charge in [0, 0.05) is 5.56 Å². The van der Waals surface area contributed by atoms with Gasteiger partial charge in [-0.3, -0.25) is 4.79 Å². The fraction of sp³-hybridized carbons (Fsp3) is 0.417. The lowest BCUT2D eigenvalue weighted by molar-refractivity contribution is 0.112. The molecule has 76 valence electrons. The second-order valence-electron chi connectivity index (χ2n) is 4.01. The van der Waals surface area contributed by atoms with Crippen LogP contribution in [-0.2, 0) is 0 Å². The Morgan fingerprint density at radius 1 is 1.14 bits per heavy atom. The van der Waals surface area contributed by atoms with Crippen molar-refractivity contribution < 1.29 is 4.79 Å². The van der Waals surface area contributed by atoms with Gasteiger partial charge in [-0.05, 0) is 0 Å². The Labute approximate surface area is 87.2 Å². The summed E-state index contributed by atoms with van der Waals surface area (Å²) < 4.78 is 0. The van der Waals surface area contributed by atoms with E-state index in [1.807, 2.05) is 12.1 Å². The number of aldehydes is 1. The highest BCUT2D eigenvalue weighted by Crippen LogP contribution is 2.14. The van der Waals surface area contributed by atoms with E-state index < -0.39 is 8.07 Å². The minimum Gasteiger partial charge on any atom is -0.298 e. The number of carbonyl (C=O) groups is 1. The summed E-state index contributed by atoms with van der Waals surface area (Å²) in [5.41, 5.74) is 0.775. The molecule has 0 saturated heterocycles. The first-order chi connectivity index (χ1) is 6.66. The molecule has 0 aliphatic heterocycles. The fourth-order valence-corrected chi connectivity index (χ4v) is 3.91. The molecule has 1 rings (SSSR count). The van der Waals surface area contributed by atoms with E-state index in [9.17, 15) is 4.79 Å². The zero-order valence-electron chi connectivity index (χ0n) is 9.21. The van der Waals surface area contributed by atoms with Gasteiger partial charge in [0.2, 0.25) is 0 Å². The molecular weight excluding hydrogens is 188 g/mol. The van der Waals surface area contributed by atoms with Crippen LogP contribution in [0, 0.1) is 0 Å². The minimum atomic E-state index is -1.23. The molecule has 1 nitrogen and oxygen atoms in total. The highest BCUT2D eigenvalue weighted by atomic mass is 28.3. The van der Waals surface area contributed by atoms with Crippen molar-refractivity contribution in [3.05, 3.63) is 29.8 Å². The lowest BCUT2D eigenvalue weighted by Gasteiger charge is -2.24. The van der Waals surface area contributed by atoms with Gasteiger partial charge in [-0.25, -0.2) is 0 Å². The molecule has 0 N–H and O–H groups in total. The molecule has 14 heavy (non-hydrogen) atoms. The first-order valence-corrected chi connectivity index (χ1v) is 8.13. The van der Waals surface area contributed by atoms with Crippen molar-refractivity contribution >= 4 is 19.5 Å². The maximum Gasteiger partial charge on any atom is 0.150 e. The van der Waals surface area contributed by atoms with Crippen LogP contribution >= 0.6 is 0 Å². The van der Waals surface area contributed by atoms with Crippen LogP contribution in [0.5, 0.6) is 0 Å². The van der Waals surface area contributed by atoms with E-state index in [1.165, 1.54) is 17.3 Å². The first kappa shape index (κ1) is 11.2. The molecule has 0 heterocycles. The van der Waals surface area contributed by atoms with Gasteiger partial charge >= 0.3 is 0 Å². The lowest BCUT2D eigenvalue weighted by Crippen LogP contribution is -2.42. The zero-order valence-corrected chi connectivity index (χ0v) is 10.2. The Kier molecular flexibility index (Phi) is 3.64. The molecule has 0 amide bonds. The minimum absolute atomic E-state index is 0.775. The Hall–Kier alpha value is -0.893. The largest absolute Gasteiger partial charge is 0.298 e. The summed E-state index contributed by atoms with van der Waals surface area (Å²) in [7, 11) is -1.23. The smallest absolute Gasteiger partial charge is 0.150 e. The number of carbonyl (C=O) groups excluding carboxylic acids is 1. The second kappa shape index (κ2) is 4.56. The van der Waals surface area contributed by atoms with Crippen LogP contribution in [0.4, 0.5) is 0 Å². The highest BCUT2D eigenvalue weighted by Gasteiger charge is 2.24. The van der Waals surface area contributed by atoms with E-state index in [1.54, 1.807) is 0 Å². The molecule has 0 saturated carbocycles. The molecule has 1 aromatic rings. The van der Waals surface area contributed by atoms with E-state index in [4.69, 9.17) is 0 Å². The SMILES string of the molecule is CC[Si](C)(CC)c1ccc(C=O)cc1. The van der Waals surface area contributed by atoms with Gasteiger partial charge in [-0.2, -0.15) is 0 Å². The van der Waals surface area contributed by atoms with Crippen molar-refractivity contribution in [2.75, 3.05) is 0 Å². The Bertz CT molecular complexity index is 299. The maximum atomic E-state index is 10.5. The molecule has 1 aromatic carbocycles.